The van der Waals surface area contributed by atoms with Gasteiger partial charge in [0.25, 0.3) is 0 Å². The van der Waals surface area contributed by atoms with Gasteiger partial charge in [0.2, 0.25) is 0 Å². The average Bonchev–Trinajstić information content (AvgIpc) is 2.30. The highest BCUT2D eigenvalue weighted by Gasteiger charge is 2.20. The standard InChI is InChI=1S/C14H31N3/c1-5-13(4)14(15)11-17-8-6-16(7-9-17)10-12(2)3/h12-14H,5-11,15H2,1-4H3. The minimum Gasteiger partial charge on any atom is -0.326 e. The highest BCUT2D eigenvalue weighted by molar-refractivity contribution is 4.78. The Kier molecular flexibility index (Phi) is 6.45. The quantitative estimate of drug-likeness (QED) is 0.767. The molecular weight excluding hydrogens is 210 g/mol. The van der Waals surface area contributed by atoms with E-state index in [0.29, 0.717) is 12.0 Å². The van der Waals surface area contributed by atoms with Crippen molar-refractivity contribution in [2.75, 3.05) is 39.3 Å². The van der Waals surface area contributed by atoms with Crippen LogP contribution in [0.25, 0.3) is 0 Å². The van der Waals surface area contributed by atoms with Gasteiger partial charge in [-0.1, -0.05) is 34.1 Å². The van der Waals surface area contributed by atoms with Crippen molar-refractivity contribution in [3.63, 3.8) is 0 Å². The van der Waals surface area contributed by atoms with Crippen molar-refractivity contribution in [1.29, 1.82) is 0 Å². The fraction of sp³-hybridized carbons (Fsp3) is 1.00. The van der Waals surface area contributed by atoms with E-state index in [4.69, 9.17) is 5.73 Å². The SMILES string of the molecule is CCC(C)C(N)CN1CCN(CC(C)C)CC1. The first-order chi connectivity index (χ1) is 8.02. The third-order valence-electron chi connectivity index (χ3n) is 3.93. The van der Waals surface area contributed by atoms with Gasteiger partial charge in [0.1, 0.15) is 0 Å². The summed E-state index contributed by atoms with van der Waals surface area (Å²) < 4.78 is 0. The Hall–Kier alpha value is -0.120. The van der Waals surface area contributed by atoms with E-state index in [2.05, 4.69) is 37.5 Å². The van der Waals surface area contributed by atoms with Crippen LogP contribution in [-0.4, -0.2) is 55.1 Å². The number of piperazine rings is 1. The van der Waals surface area contributed by atoms with Crippen molar-refractivity contribution < 1.29 is 0 Å². The molecule has 0 spiro atoms. The maximum atomic E-state index is 6.22. The molecular formula is C14H31N3. The van der Waals surface area contributed by atoms with E-state index in [-0.39, 0.29) is 0 Å². The predicted molar refractivity (Wildman–Crippen MR) is 75.1 cm³/mol. The molecule has 1 rings (SSSR count). The summed E-state index contributed by atoms with van der Waals surface area (Å²) in [5.41, 5.74) is 6.22. The van der Waals surface area contributed by atoms with Crippen molar-refractivity contribution in [3.8, 4) is 0 Å². The van der Waals surface area contributed by atoms with Crippen molar-refractivity contribution >= 4 is 0 Å². The molecule has 0 saturated carbocycles. The lowest BCUT2D eigenvalue weighted by Gasteiger charge is -2.37. The molecule has 102 valence electrons. The van der Waals surface area contributed by atoms with Crippen LogP contribution in [0.2, 0.25) is 0 Å². The minimum atomic E-state index is 0.344. The van der Waals surface area contributed by atoms with Gasteiger partial charge >= 0.3 is 0 Å². The zero-order chi connectivity index (χ0) is 12.8. The lowest BCUT2D eigenvalue weighted by Crippen LogP contribution is -2.51. The molecule has 1 aliphatic rings. The van der Waals surface area contributed by atoms with Crippen LogP contribution in [0, 0.1) is 11.8 Å². The lowest BCUT2D eigenvalue weighted by atomic mass is 9.99. The summed E-state index contributed by atoms with van der Waals surface area (Å²) in [7, 11) is 0. The number of hydrogen-bond acceptors (Lipinski definition) is 3. The number of nitrogens with two attached hydrogens (primary N) is 1. The van der Waals surface area contributed by atoms with Crippen molar-refractivity contribution in [2.24, 2.45) is 17.6 Å². The molecule has 0 aliphatic carbocycles. The van der Waals surface area contributed by atoms with Gasteiger partial charge in [-0.25, -0.2) is 0 Å². The smallest absolute Gasteiger partial charge is 0.0193 e. The maximum Gasteiger partial charge on any atom is 0.0193 e. The van der Waals surface area contributed by atoms with E-state index in [0.717, 1.165) is 12.5 Å². The molecule has 0 amide bonds. The van der Waals surface area contributed by atoms with E-state index in [1.54, 1.807) is 0 Å². The Labute approximate surface area is 107 Å². The van der Waals surface area contributed by atoms with Crippen LogP contribution in [0.5, 0.6) is 0 Å². The van der Waals surface area contributed by atoms with Crippen molar-refractivity contribution in [2.45, 2.75) is 40.2 Å². The van der Waals surface area contributed by atoms with Crippen molar-refractivity contribution in [3.05, 3.63) is 0 Å². The summed E-state index contributed by atoms with van der Waals surface area (Å²) in [5, 5.41) is 0. The molecule has 1 aliphatic heterocycles. The van der Waals surface area contributed by atoms with E-state index < -0.39 is 0 Å². The van der Waals surface area contributed by atoms with Gasteiger partial charge in [0.15, 0.2) is 0 Å². The van der Waals surface area contributed by atoms with Crippen LogP contribution in [-0.2, 0) is 0 Å². The highest BCUT2D eigenvalue weighted by Crippen LogP contribution is 2.10. The summed E-state index contributed by atoms with van der Waals surface area (Å²) >= 11 is 0. The summed E-state index contributed by atoms with van der Waals surface area (Å²) in [6, 6.07) is 0.344. The second-order valence-electron chi connectivity index (χ2n) is 6.04. The van der Waals surface area contributed by atoms with Gasteiger partial charge in [-0.15, -0.1) is 0 Å². The molecule has 0 aromatic rings. The molecule has 2 N–H and O–H groups in total. The summed E-state index contributed by atoms with van der Waals surface area (Å²) in [6.45, 7) is 16.2. The van der Waals surface area contributed by atoms with Gasteiger partial charge in [-0.3, -0.25) is 4.90 Å². The molecule has 0 aromatic carbocycles. The van der Waals surface area contributed by atoms with E-state index in [1.807, 2.05) is 0 Å². The number of nitrogens with zero attached hydrogens (tertiary/aromatic N) is 2. The molecule has 1 heterocycles. The molecule has 3 nitrogen and oxygen atoms in total. The topological polar surface area (TPSA) is 32.5 Å². The molecule has 0 aromatic heterocycles. The molecule has 2 atom stereocenters. The summed E-state index contributed by atoms with van der Waals surface area (Å²) in [5.74, 6) is 1.42. The van der Waals surface area contributed by atoms with Gasteiger partial charge in [-0.05, 0) is 11.8 Å². The first kappa shape index (κ1) is 14.9. The van der Waals surface area contributed by atoms with Crippen LogP contribution >= 0.6 is 0 Å². The average molecular weight is 241 g/mol. The highest BCUT2D eigenvalue weighted by atomic mass is 15.3. The normalized spacial score (nSPS) is 22.9. The fourth-order valence-corrected chi connectivity index (χ4v) is 2.45. The van der Waals surface area contributed by atoms with Gasteiger partial charge in [-0.2, -0.15) is 0 Å². The van der Waals surface area contributed by atoms with E-state index in [1.165, 1.54) is 39.1 Å². The van der Waals surface area contributed by atoms with Crippen LogP contribution in [0.3, 0.4) is 0 Å². The molecule has 1 fully saturated rings. The van der Waals surface area contributed by atoms with Crippen molar-refractivity contribution in [1.82, 2.24) is 9.80 Å². The molecule has 2 unspecified atom stereocenters. The Morgan fingerprint density at radius 2 is 1.41 bits per heavy atom. The number of rotatable bonds is 6. The summed E-state index contributed by atoms with van der Waals surface area (Å²) in [4.78, 5) is 5.11. The third-order valence-corrected chi connectivity index (χ3v) is 3.93. The zero-order valence-corrected chi connectivity index (χ0v) is 12.2. The Bertz CT molecular complexity index is 198. The second kappa shape index (κ2) is 7.34. The molecule has 1 saturated heterocycles. The maximum absolute atomic E-state index is 6.22. The van der Waals surface area contributed by atoms with Gasteiger partial charge in [0.05, 0.1) is 0 Å². The molecule has 3 heteroatoms. The Morgan fingerprint density at radius 3 is 1.82 bits per heavy atom. The molecule has 0 radical (unpaired) electrons. The summed E-state index contributed by atoms with van der Waals surface area (Å²) in [6.07, 6.45) is 1.19. The van der Waals surface area contributed by atoms with Crippen LogP contribution in [0.4, 0.5) is 0 Å². The molecule has 0 bridgehead atoms. The third kappa shape index (κ3) is 5.36. The Balaban J connectivity index is 2.23. The van der Waals surface area contributed by atoms with Crippen LogP contribution in [0.1, 0.15) is 34.1 Å². The largest absolute Gasteiger partial charge is 0.326 e. The molecule has 17 heavy (non-hydrogen) atoms. The monoisotopic (exact) mass is 241 g/mol. The Morgan fingerprint density at radius 1 is 0.941 bits per heavy atom. The van der Waals surface area contributed by atoms with E-state index in [9.17, 15) is 0 Å². The minimum absolute atomic E-state index is 0.344. The zero-order valence-electron chi connectivity index (χ0n) is 12.2. The van der Waals surface area contributed by atoms with Gasteiger partial charge < -0.3 is 10.6 Å². The van der Waals surface area contributed by atoms with Gasteiger partial charge in [0, 0.05) is 45.3 Å². The number of hydrogen-bond donors (Lipinski definition) is 1. The first-order valence-electron chi connectivity index (χ1n) is 7.23. The van der Waals surface area contributed by atoms with Crippen LogP contribution < -0.4 is 5.73 Å². The lowest BCUT2D eigenvalue weighted by molar-refractivity contribution is 0.112. The second-order valence-corrected chi connectivity index (χ2v) is 6.04. The first-order valence-corrected chi connectivity index (χ1v) is 7.23. The predicted octanol–water partition coefficient (Wildman–Crippen LogP) is 1.63. The van der Waals surface area contributed by atoms with E-state index >= 15 is 0 Å². The van der Waals surface area contributed by atoms with Crippen LogP contribution in [0.15, 0.2) is 0 Å². The fourth-order valence-electron chi connectivity index (χ4n) is 2.45.